The van der Waals surface area contributed by atoms with Crippen LogP contribution in [0.3, 0.4) is 0 Å². The number of rotatable bonds is 2. The maximum Gasteiger partial charge on any atom is 0.133 e. The zero-order chi connectivity index (χ0) is 10.1. The summed E-state index contributed by atoms with van der Waals surface area (Å²) >= 11 is 0. The van der Waals surface area contributed by atoms with Crippen LogP contribution in [0.25, 0.3) is 11.0 Å². The third kappa shape index (κ3) is 1.52. The highest BCUT2D eigenvalue weighted by atomic mass is 16.3. The van der Waals surface area contributed by atoms with Crippen molar-refractivity contribution in [2.75, 3.05) is 0 Å². The van der Waals surface area contributed by atoms with Gasteiger partial charge in [-0.1, -0.05) is 6.07 Å². The van der Waals surface area contributed by atoms with E-state index < -0.39 is 12.2 Å². The third-order valence-electron chi connectivity index (χ3n) is 2.27. The summed E-state index contributed by atoms with van der Waals surface area (Å²) < 4.78 is 5.17. The highest BCUT2D eigenvalue weighted by Crippen LogP contribution is 2.22. The fourth-order valence-electron chi connectivity index (χ4n) is 1.45. The van der Waals surface area contributed by atoms with Crippen molar-refractivity contribution in [2.24, 2.45) is 0 Å². The molecule has 3 heteroatoms. The molecule has 2 N–H and O–H groups in total. The van der Waals surface area contributed by atoms with E-state index in [1.54, 1.807) is 25.3 Å². The molecule has 0 saturated carbocycles. The van der Waals surface area contributed by atoms with E-state index in [1.165, 1.54) is 0 Å². The summed E-state index contributed by atoms with van der Waals surface area (Å²) in [5.74, 6) is 0. The fourth-order valence-corrected chi connectivity index (χ4v) is 1.45. The molecule has 0 bridgehead atoms. The Morgan fingerprint density at radius 1 is 1.21 bits per heavy atom. The van der Waals surface area contributed by atoms with Gasteiger partial charge >= 0.3 is 0 Å². The van der Waals surface area contributed by atoms with Crippen molar-refractivity contribution < 1.29 is 14.6 Å². The van der Waals surface area contributed by atoms with Crippen LogP contribution in [0.4, 0.5) is 0 Å². The van der Waals surface area contributed by atoms with Crippen LogP contribution in [-0.4, -0.2) is 16.3 Å². The first-order valence-electron chi connectivity index (χ1n) is 4.52. The summed E-state index contributed by atoms with van der Waals surface area (Å²) in [6.07, 6.45) is -0.00270. The van der Waals surface area contributed by atoms with Gasteiger partial charge in [-0.15, -0.1) is 0 Å². The van der Waals surface area contributed by atoms with Crippen LogP contribution in [-0.2, 0) is 0 Å². The largest absolute Gasteiger partial charge is 0.464 e. The molecule has 0 amide bonds. The molecule has 2 rings (SSSR count). The quantitative estimate of drug-likeness (QED) is 0.763. The van der Waals surface area contributed by atoms with Crippen LogP contribution >= 0.6 is 0 Å². The maximum atomic E-state index is 9.61. The molecule has 0 saturated heterocycles. The Bertz CT molecular complexity index is 431. The van der Waals surface area contributed by atoms with Crippen molar-refractivity contribution in [1.82, 2.24) is 0 Å². The van der Waals surface area contributed by atoms with Gasteiger partial charge in [-0.25, -0.2) is 0 Å². The van der Waals surface area contributed by atoms with Crippen LogP contribution in [0.5, 0.6) is 0 Å². The maximum absolute atomic E-state index is 9.61. The van der Waals surface area contributed by atoms with Crippen LogP contribution in [0.1, 0.15) is 18.6 Å². The Labute approximate surface area is 81.6 Å². The standard InChI is InChI=1S/C11H12O3/c1-7(12)11(13)9-2-3-10-8(6-9)4-5-14-10/h2-7,11-13H,1H3/t7-,11-/m0/s1. The van der Waals surface area contributed by atoms with Gasteiger partial charge in [-0.3, -0.25) is 0 Å². The van der Waals surface area contributed by atoms with Crippen molar-refractivity contribution in [2.45, 2.75) is 19.1 Å². The molecule has 2 aromatic rings. The average Bonchev–Trinajstić information content (AvgIpc) is 2.62. The van der Waals surface area contributed by atoms with Crippen LogP contribution < -0.4 is 0 Å². The van der Waals surface area contributed by atoms with Crippen molar-refractivity contribution >= 4 is 11.0 Å². The van der Waals surface area contributed by atoms with Gasteiger partial charge in [0, 0.05) is 5.39 Å². The zero-order valence-corrected chi connectivity index (χ0v) is 7.84. The van der Waals surface area contributed by atoms with Gasteiger partial charge < -0.3 is 14.6 Å². The van der Waals surface area contributed by atoms with E-state index >= 15 is 0 Å². The molecule has 0 aliphatic rings. The van der Waals surface area contributed by atoms with E-state index in [0.717, 1.165) is 11.0 Å². The smallest absolute Gasteiger partial charge is 0.133 e. The summed E-state index contributed by atoms with van der Waals surface area (Å²) in [5, 5.41) is 19.8. The van der Waals surface area contributed by atoms with E-state index in [0.29, 0.717) is 5.56 Å². The molecule has 0 fully saturated rings. The van der Waals surface area contributed by atoms with Gasteiger partial charge in [0.25, 0.3) is 0 Å². The van der Waals surface area contributed by atoms with Crippen LogP contribution in [0.2, 0.25) is 0 Å². The lowest BCUT2D eigenvalue weighted by Gasteiger charge is -2.13. The Morgan fingerprint density at radius 2 is 2.00 bits per heavy atom. The Kier molecular flexibility index (Phi) is 2.27. The normalized spacial score (nSPS) is 15.6. The monoisotopic (exact) mass is 192 g/mol. The van der Waals surface area contributed by atoms with Gasteiger partial charge in [0.1, 0.15) is 11.7 Å². The lowest BCUT2D eigenvalue weighted by atomic mass is 10.0. The Balaban J connectivity index is 2.43. The van der Waals surface area contributed by atoms with Gasteiger partial charge in [-0.2, -0.15) is 0 Å². The number of furan rings is 1. The fraction of sp³-hybridized carbons (Fsp3) is 0.273. The predicted octanol–water partition coefficient (Wildman–Crippen LogP) is 1.85. The highest BCUT2D eigenvalue weighted by Gasteiger charge is 2.13. The first-order chi connectivity index (χ1) is 6.68. The summed E-state index contributed by atoms with van der Waals surface area (Å²) in [7, 11) is 0. The lowest BCUT2D eigenvalue weighted by Crippen LogP contribution is -2.13. The van der Waals surface area contributed by atoms with Crippen molar-refractivity contribution in [1.29, 1.82) is 0 Å². The van der Waals surface area contributed by atoms with Crippen LogP contribution in [0, 0.1) is 0 Å². The van der Waals surface area contributed by atoms with Crippen molar-refractivity contribution in [3.63, 3.8) is 0 Å². The first kappa shape index (κ1) is 9.24. The second-order valence-corrected chi connectivity index (χ2v) is 3.40. The number of fused-ring (bicyclic) bond motifs is 1. The Hall–Kier alpha value is -1.32. The van der Waals surface area contributed by atoms with Crippen molar-refractivity contribution in [3.05, 3.63) is 36.1 Å². The summed E-state index contributed by atoms with van der Waals surface area (Å²) in [6.45, 7) is 1.56. The van der Waals surface area contributed by atoms with Gasteiger partial charge in [0.2, 0.25) is 0 Å². The van der Waals surface area contributed by atoms with Gasteiger partial charge in [0.05, 0.1) is 12.4 Å². The third-order valence-corrected chi connectivity index (χ3v) is 2.27. The summed E-state index contributed by atoms with van der Waals surface area (Å²) in [5.41, 5.74) is 1.49. The molecule has 0 aliphatic carbocycles. The molecule has 74 valence electrons. The SMILES string of the molecule is C[C@H](O)[C@H](O)c1ccc2occc2c1. The number of aliphatic hydroxyl groups is 2. The minimum Gasteiger partial charge on any atom is -0.464 e. The number of benzene rings is 1. The Morgan fingerprint density at radius 3 is 2.71 bits per heavy atom. The molecule has 1 aromatic carbocycles. The van der Waals surface area contributed by atoms with E-state index in [9.17, 15) is 10.2 Å². The number of hydrogen-bond donors (Lipinski definition) is 2. The zero-order valence-electron chi connectivity index (χ0n) is 7.84. The number of aliphatic hydroxyl groups excluding tert-OH is 2. The van der Waals surface area contributed by atoms with E-state index in [-0.39, 0.29) is 0 Å². The van der Waals surface area contributed by atoms with E-state index in [4.69, 9.17) is 4.42 Å². The molecular weight excluding hydrogens is 180 g/mol. The van der Waals surface area contributed by atoms with Gasteiger partial charge in [0.15, 0.2) is 0 Å². The average molecular weight is 192 g/mol. The molecule has 0 spiro atoms. The second-order valence-electron chi connectivity index (χ2n) is 3.40. The van der Waals surface area contributed by atoms with E-state index in [1.807, 2.05) is 12.1 Å². The van der Waals surface area contributed by atoms with Crippen molar-refractivity contribution in [3.8, 4) is 0 Å². The lowest BCUT2D eigenvalue weighted by molar-refractivity contribution is 0.0306. The summed E-state index contributed by atoms with van der Waals surface area (Å²) in [6, 6.07) is 7.18. The minimum atomic E-state index is -0.839. The molecular formula is C11H12O3. The first-order valence-corrected chi connectivity index (χ1v) is 4.52. The minimum absolute atomic E-state index is 0.703. The second kappa shape index (κ2) is 3.44. The highest BCUT2D eigenvalue weighted by molar-refractivity contribution is 5.77. The van der Waals surface area contributed by atoms with Gasteiger partial charge in [-0.05, 0) is 30.7 Å². The molecule has 1 heterocycles. The molecule has 1 aromatic heterocycles. The molecule has 3 nitrogen and oxygen atoms in total. The predicted molar refractivity (Wildman–Crippen MR) is 52.9 cm³/mol. The number of hydrogen-bond acceptors (Lipinski definition) is 3. The molecule has 0 radical (unpaired) electrons. The molecule has 0 unspecified atom stereocenters. The van der Waals surface area contributed by atoms with E-state index in [2.05, 4.69) is 0 Å². The topological polar surface area (TPSA) is 53.6 Å². The molecule has 14 heavy (non-hydrogen) atoms. The molecule has 2 atom stereocenters. The molecule has 0 aliphatic heterocycles. The summed E-state index contributed by atoms with van der Waals surface area (Å²) in [4.78, 5) is 0. The van der Waals surface area contributed by atoms with Crippen LogP contribution in [0.15, 0.2) is 34.9 Å².